The number of ketones is 1. The normalized spacial score (nSPS) is 55.0. The molecule has 4 aliphatic rings. The topological polar surface area (TPSA) is 98.0 Å². The van der Waals surface area contributed by atoms with Gasteiger partial charge in [-0.3, -0.25) is 4.79 Å². The van der Waals surface area contributed by atoms with Gasteiger partial charge in [0.2, 0.25) is 0 Å². The van der Waals surface area contributed by atoms with Crippen LogP contribution in [0.5, 0.6) is 0 Å². The van der Waals surface area contributed by atoms with Crippen molar-refractivity contribution in [3.05, 3.63) is 0 Å². The van der Waals surface area contributed by atoms with Crippen molar-refractivity contribution < 1.29 is 25.2 Å². The lowest BCUT2D eigenvalue weighted by Crippen LogP contribution is -2.63. The van der Waals surface area contributed by atoms with Gasteiger partial charge in [0, 0.05) is 17.8 Å². The first-order valence-corrected chi connectivity index (χ1v) is 10.4. The molecule has 4 N–H and O–H groups in total. The molecule has 9 atom stereocenters. The van der Waals surface area contributed by atoms with E-state index < -0.39 is 23.7 Å². The Morgan fingerprint density at radius 3 is 2.58 bits per heavy atom. The van der Waals surface area contributed by atoms with Crippen LogP contribution in [0.4, 0.5) is 0 Å². The van der Waals surface area contributed by atoms with Gasteiger partial charge >= 0.3 is 0 Å². The van der Waals surface area contributed by atoms with Crippen LogP contribution in [0.25, 0.3) is 0 Å². The number of hydrogen-bond donors (Lipinski definition) is 4. The van der Waals surface area contributed by atoms with Crippen LogP contribution in [0.3, 0.4) is 0 Å². The fourth-order valence-electron chi connectivity index (χ4n) is 7.79. The monoisotopic (exact) mass is 366 g/mol. The Morgan fingerprint density at radius 1 is 1.15 bits per heavy atom. The molecule has 0 amide bonds. The Morgan fingerprint density at radius 2 is 1.88 bits per heavy atom. The molecule has 4 aliphatic carbocycles. The van der Waals surface area contributed by atoms with Crippen LogP contribution in [0, 0.1) is 34.5 Å². The zero-order chi connectivity index (χ0) is 18.9. The molecule has 5 heteroatoms. The largest absolute Gasteiger partial charge is 0.394 e. The second-order valence-corrected chi connectivity index (χ2v) is 10.2. The Labute approximate surface area is 155 Å². The summed E-state index contributed by atoms with van der Waals surface area (Å²) in [5.41, 5.74) is -2.09. The Kier molecular flexibility index (Phi) is 4.35. The summed E-state index contributed by atoms with van der Waals surface area (Å²) in [6, 6.07) is 0. The van der Waals surface area contributed by atoms with Crippen LogP contribution < -0.4 is 0 Å². The highest BCUT2D eigenvalue weighted by Crippen LogP contribution is 2.67. The molecule has 4 saturated carbocycles. The highest BCUT2D eigenvalue weighted by Gasteiger charge is 2.68. The molecule has 0 aliphatic heterocycles. The Balaban J connectivity index is 1.69. The molecule has 0 aromatic carbocycles. The van der Waals surface area contributed by atoms with Gasteiger partial charge in [0.1, 0.15) is 11.9 Å². The van der Waals surface area contributed by atoms with Crippen LogP contribution in [0.2, 0.25) is 0 Å². The zero-order valence-electron chi connectivity index (χ0n) is 16.0. The standard InChI is InChI=1S/C21H34O5/c1-19-7-5-13(23)9-12(19)3-4-14-15-6-8-21(26,17(25)11-22)20(15,2)10-16(24)18(14)19/h12-15,17-18,22-23,25-26H,3-11H2,1-2H3/t12-,13-,14+,15-,17+,18-,19+,20+,21-/m1/s1. The van der Waals surface area contributed by atoms with Gasteiger partial charge in [-0.2, -0.15) is 0 Å². The molecule has 148 valence electrons. The van der Waals surface area contributed by atoms with E-state index in [-0.39, 0.29) is 41.5 Å². The summed E-state index contributed by atoms with van der Waals surface area (Å²) in [7, 11) is 0. The van der Waals surface area contributed by atoms with Crippen LogP contribution in [0.15, 0.2) is 0 Å². The summed E-state index contributed by atoms with van der Waals surface area (Å²) in [4.78, 5) is 13.4. The van der Waals surface area contributed by atoms with E-state index in [1.54, 1.807) is 0 Å². The lowest BCUT2D eigenvalue weighted by molar-refractivity contribution is -0.196. The van der Waals surface area contributed by atoms with E-state index >= 15 is 0 Å². The summed E-state index contributed by atoms with van der Waals surface area (Å²) in [6.07, 6.45) is 4.61. The molecule has 26 heavy (non-hydrogen) atoms. The van der Waals surface area contributed by atoms with Crippen LogP contribution in [-0.4, -0.2) is 50.6 Å². The van der Waals surface area contributed by atoms with Crippen molar-refractivity contribution in [1.29, 1.82) is 0 Å². The van der Waals surface area contributed by atoms with Gasteiger partial charge in [-0.25, -0.2) is 0 Å². The van der Waals surface area contributed by atoms with Crippen LogP contribution in [0.1, 0.15) is 65.2 Å². The van der Waals surface area contributed by atoms with E-state index in [1.165, 1.54) is 0 Å². The van der Waals surface area contributed by atoms with Gasteiger partial charge in [-0.15, -0.1) is 0 Å². The lowest BCUT2D eigenvalue weighted by atomic mass is 9.44. The minimum Gasteiger partial charge on any atom is -0.394 e. The first kappa shape index (κ1) is 18.9. The maximum absolute atomic E-state index is 13.4. The molecule has 0 bridgehead atoms. The zero-order valence-corrected chi connectivity index (χ0v) is 16.0. The van der Waals surface area contributed by atoms with Crippen molar-refractivity contribution in [3.63, 3.8) is 0 Å². The number of carbonyl (C=O) groups is 1. The van der Waals surface area contributed by atoms with Crippen molar-refractivity contribution in [2.75, 3.05) is 6.61 Å². The predicted molar refractivity (Wildman–Crippen MR) is 96.2 cm³/mol. The van der Waals surface area contributed by atoms with Gasteiger partial charge in [0.25, 0.3) is 0 Å². The molecular weight excluding hydrogens is 332 g/mol. The van der Waals surface area contributed by atoms with Gasteiger partial charge in [0.15, 0.2) is 0 Å². The number of hydrogen-bond acceptors (Lipinski definition) is 5. The molecule has 0 unspecified atom stereocenters. The summed E-state index contributed by atoms with van der Waals surface area (Å²) < 4.78 is 0. The number of Topliss-reactive ketones (excluding diaryl/α,β-unsaturated/α-hetero) is 1. The van der Waals surface area contributed by atoms with E-state index in [0.29, 0.717) is 12.3 Å². The average Bonchev–Trinajstić information content (AvgIpc) is 2.86. The fraction of sp³-hybridized carbons (Fsp3) is 0.952. The third-order valence-corrected chi connectivity index (χ3v) is 9.27. The molecule has 0 saturated heterocycles. The van der Waals surface area contributed by atoms with Crippen molar-refractivity contribution in [3.8, 4) is 0 Å². The first-order chi connectivity index (χ1) is 12.2. The Bertz CT molecular complexity index is 593. The molecule has 0 spiro atoms. The fourth-order valence-corrected chi connectivity index (χ4v) is 7.79. The first-order valence-electron chi connectivity index (χ1n) is 10.4. The van der Waals surface area contributed by atoms with E-state index in [1.807, 2.05) is 6.92 Å². The Hall–Kier alpha value is -0.490. The highest BCUT2D eigenvalue weighted by molar-refractivity contribution is 5.84. The predicted octanol–water partition coefficient (Wildman–Crippen LogP) is 1.65. The lowest BCUT2D eigenvalue weighted by Gasteiger charge is -2.60. The van der Waals surface area contributed by atoms with Gasteiger partial charge in [-0.05, 0) is 68.1 Å². The van der Waals surface area contributed by atoms with E-state index in [0.717, 1.165) is 38.5 Å². The summed E-state index contributed by atoms with van der Waals surface area (Å²) in [6.45, 7) is 3.74. The quantitative estimate of drug-likeness (QED) is 0.596. The van der Waals surface area contributed by atoms with Crippen LogP contribution >= 0.6 is 0 Å². The van der Waals surface area contributed by atoms with E-state index in [9.17, 15) is 25.2 Å². The van der Waals surface area contributed by atoms with Crippen molar-refractivity contribution in [2.24, 2.45) is 34.5 Å². The molecule has 0 aromatic heterocycles. The molecule has 5 nitrogen and oxygen atoms in total. The van der Waals surface area contributed by atoms with Crippen molar-refractivity contribution in [2.45, 2.75) is 83.0 Å². The van der Waals surface area contributed by atoms with Gasteiger partial charge < -0.3 is 20.4 Å². The highest BCUT2D eigenvalue weighted by atomic mass is 16.4. The molecule has 0 heterocycles. The SMILES string of the molecule is C[C@]12CC[C@@H](O)C[C@H]1CC[C@H]1[C@H]3CC[C@@](O)([C@@H](O)CO)[C@@]3(C)CC(=O)[C@@H]12. The molecule has 0 aromatic rings. The second kappa shape index (κ2) is 6.00. The smallest absolute Gasteiger partial charge is 0.137 e. The average molecular weight is 366 g/mol. The summed E-state index contributed by atoms with van der Waals surface area (Å²) >= 11 is 0. The van der Waals surface area contributed by atoms with Crippen molar-refractivity contribution >= 4 is 5.78 Å². The third-order valence-electron chi connectivity index (χ3n) is 9.27. The number of aliphatic hydroxyl groups is 4. The number of fused-ring (bicyclic) bond motifs is 5. The van der Waals surface area contributed by atoms with Crippen LogP contribution in [-0.2, 0) is 4.79 Å². The number of carbonyl (C=O) groups excluding carboxylic acids is 1. The second-order valence-electron chi connectivity index (χ2n) is 10.2. The number of rotatable bonds is 2. The maximum Gasteiger partial charge on any atom is 0.137 e. The maximum atomic E-state index is 13.4. The third kappa shape index (κ3) is 2.27. The number of aliphatic hydroxyl groups excluding tert-OH is 3. The minimum atomic E-state index is -1.38. The van der Waals surface area contributed by atoms with E-state index in [4.69, 9.17) is 0 Å². The van der Waals surface area contributed by atoms with Crippen molar-refractivity contribution in [1.82, 2.24) is 0 Å². The van der Waals surface area contributed by atoms with E-state index in [2.05, 4.69) is 6.92 Å². The molecular formula is C21H34O5. The minimum absolute atomic E-state index is 0.0143. The molecule has 0 radical (unpaired) electrons. The molecule has 4 fully saturated rings. The van der Waals surface area contributed by atoms with Gasteiger partial charge in [0.05, 0.1) is 18.3 Å². The molecule has 4 rings (SSSR count). The summed E-state index contributed by atoms with van der Waals surface area (Å²) in [5, 5.41) is 41.2. The van der Waals surface area contributed by atoms with Gasteiger partial charge in [-0.1, -0.05) is 13.8 Å². The summed E-state index contributed by atoms with van der Waals surface area (Å²) in [5.74, 6) is 1.10.